The van der Waals surface area contributed by atoms with E-state index in [2.05, 4.69) is 43.9 Å². The molecule has 140 valence electrons. The number of hydrogen-bond donors (Lipinski definition) is 0. The van der Waals surface area contributed by atoms with Crippen LogP contribution < -0.4 is 4.90 Å². The average Bonchev–Trinajstić information content (AvgIpc) is 2.68. The molecule has 1 fully saturated rings. The number of hydrogen-bond acceptors (Lipinski definition) is 3. The molecule has 2 aromatic rings. The maximum atomic E-state index is 12.9. The lowest BCUT2D eigenvalue weighted by molar-refractivity contribution is 0.384. The Kier molecular flexibility index (Phi) is 5.68. The van der Waals surface area contributed by atoms with Crippen molar-refractivity contribution in [3.8, 4) is 0 Å². The van der Waals surface area contributed by atoms with E-state index >= 15 is 0 Å². The summed E-state index contributed by atoms with van der Waals surface area (Å²) < 4.78 is 27.5. The molecule has 1 heterocycles. The fraction of sp³-hybridized carbons (Fsp3) is 0.429. The van der Waals surface area contributed by atoms with Crippen LogP contribution in [0, 0.1) is 6.92 Å². The molecular weight excluding hydrogens is 344 g/mol. The van der Waals surface area contributed by atoms with Crippen LogP contribution in [0.25, 0.3) is 0 Å². The molecule has 26 heavy (non-hydrogen) atoms. The number of para-hydroxylation sites is 1. The van der Waals surface area contributed by atoms with Crippen molar-refractivity contribution in [2.24, 2.45) is 0 Å². The van der Waals surface area contributed by atoms with Crippen LogP contribution >= 0.6 is 0 Å². The first-order chi connectivity index (χ1) is 12.5. The number of rotatable bonds is 5. The van der Waals surface area contributed by atoms with Crippen LogP contribution in [0.15, 0.2) is 47.4 Å². The van der Waals surface area contributed by atoms with E-state index in [1.165, 1.54) is 16.8 Å². The second-order valence-electron chi connectivity index (χ2n) is 6.82. The lowest BCUT2D eigenvalue weighted by Crippen LogP contribution is -2.49. The highest BCUT2D eigenvalue weighted by Crippen LogP contribution is 2.28. The molecule has 4 nitrogen and oxygen atoms in total. The summed E-state index contributed by atoms with van der Waals surface area (Å²) in [6.45, 7) is 8.86. The van der Waals surface area contributed by atoms with E-state index in [1.54, 1.807) is 16.4 Å². The molecule has 0 amide bonds. The first kappa shape index (κ1) is 18.9. The van der Waals surface area contributed by atoms with Gasteiger partial charge in [-0.2, -0.15) is 4.31 Å². The molecule has 0 radical (unpaired) electrons. The predicted molar refractivity (Wildman–Crippen MR) is 107 cm³/mol. The first-order valence-electron chi connectivity index (χ1n) is 9.40. The Morgan fingerprint density at radius 1 is 0.885 bits per heavy atom. The smallest absolute Gasteiger partial charge is 0.243 e. The van der Waals surface area contributed by atoms with Crippen molar-refractivity contribution in [2.45, 2.75) is 38.5 Å². The number of benzene rings is 2. The molecule has 1 aliphatic heterocycles. The van der Waals surface area contributed by atoms with Crippen LogP contribution in [-0.4, -0.2) is 38.9 Å². The topological polar surface area (TPSA) is 40.6 Å². The third kappa shape index (κ3) is 3.64. The molecule has 0 bridgehead atoms. The Bertz CT molecular complexity index is 852. The minimum absolute atomic E-state index is 0.397. The standard InChI is InChI=1S/C21H28N2O2S/c1-4-18-9-11-20(12-10-18)26(24,25)23-15-13-22(14-16-23)21-17(3)7-6-8-19(21)5-2/h6-12H,4-5,13-16H2,1-3H3. The zero-order valence-corrected chi connectivity index (χ0v) is 16.7. The van der Waals surface area contributed by atoms with Gasteiger partial charge in [-0.3, -0.25) is 0 Å². The highest BCUT2D eigenvalue weighted by atomic mass is 32.2. The second kappa shape index (κ2) is 7.80. The van der Waals surface area contributed by atoms with Gasteiger partial charge >= 0.3 is 0 Å². The Morgan fingerprint density at radius 2 is 1.54 bits per heavy atom. The van der Waals surface area contributed by atoms with Gasteiger partial charge < -0.3 is 4.90 Å². The third-order valence-corrected chi connectivity index (χ3v) is 7.14. The van der Waals surface area contributed by atoms with Gasteiger partial charge in [0, 0.05) is 31.9 Å². The lowest BCUT2D eigenvalue weighted by atomic mass is 10.0. The fourth-order valence-corrected chi connectivity index (χ4v) is 5.08. The molecule has 0 atom stereocenters. The lowest BCUT2D eigenvalue weighted by Gasteiger charge is -2.37. The molecule has 5 heteroatoms. The number of piperazine rings is 1. The number of nitrogens with zero attached hydrogens (tertiary/aromatic N) is 2. The van der Waals surface area contributed by atoms with Gasteiger partial charge in [-0.25, -0.2) is 8.42 Å². The molecule has 0 aliphatic carbocycles. The van der Waals surface area contributed by atoms with Crippen LogP contribution in [0.3, 0.4) is 0 Å². The summed E-state index contributed by atoms with van der Waals surface area (Å²) in [7, 11) is -3.41. The Morgan fingerprint density at radius 3 is 2.12 bits per heavy atom. The van der Waals surface area contributed by atoms with Gasteiger partial charge in [-0.1, -0.05) is 44.2 Å². The average molecular weight is 373 g/mol. The molecule has 3 rings (SSSR count). The Hall–Kier alpha value is -1.85. The minimum atomic E-state index is -3.41. The largest absolute Gasteiger partial charge is 0.368 e. The maximum absolute atomic E-state index is 12.9. The molecule has 1 saturated heterocycles. The monoisotopic (exact) mass is 372 g/mol. The van der Waals surface area contributed by atoms with Crippen molar-refractivity contribution in [1.82, 2.24) is 4.31 Å². The SMILES string of the molecule is CCc1ccc(S(=O)(=O)N2CCN(c3c(C)cccc3CC)CC2)cc1. The summed E-state index contributed by atoms with van der Waals surface area (Å²) in [5, 5.41) is 0. The van der Waals surface area contributed by atoms with Crippen LogP contribution in [0.4, 0.5) is 5.69 Å². The quantitative estimate of drug-likeness (QED) is 0.805. The molecule has 0 N–H and O–H groups in total. The molecule has 0 spiro atoms. The van der Waals surface area contributed by atoms with E-state index in [9.17, 15) is 8.42 Å². The van der Waals surface area contributed by atoms with Crippen molar-refractivity contribution in [3.05, 3.63) is 59.2 Å². The molecule has 0 aromatic heterocycles. The summed E-state index contributed by atoms with van der Waals surface area (Å²) in [4.78, 5) is 2.73. The van der Waals surface area contributed by atoms with Gasteiger partial charge in [0.2, 0.25) is 10.0 Å². The van der Waals surface area contributed by atoms with Gasteiger partial charge in [0.1, 0.15) is 0 Å². The zero-order chi connectivity index (χ0) is 18.7. The highest BCUT2D eigenvalue weighted by Gasteiger charge is 2.29. The third-order valence-electron chi connectivity index (χ3n) is 5.23. The van der Waals surface area contributed by atoms with Gasteiger partial charge in [0.25, 0.3) is 0 Å². The van der Waals surface area contributed by atoms with E-state index in [1.807, 2.05) is 12.1 Å². The molecule has 1 aliphatic rings. The van der Waals surface area contributed by atoms with Crippen molar-refractivity contribution < 1.29 is 8.42 Å². The van der Waals surface area contributed by atoms with Crippen LogP contribution in [0.1, 0.15) is 30.5 Å². The summed E-state index contributed by atoms with van der Waals surface area (Å²) >= 11 is 0. The van der Waals surface area contributed by atoms with Crippen molar-refractivity contribution >= 4 is 15.7 Å². The highest BCUT2D eigenvalue weighted by molar-refractivity contribution is 7.89. The Balaban J connectivity index is 1.76. The van der Waals surface area contributed by atoms with Crippen LogP contribution in [0.2, 0.25) is 0 Å². The van der Waals surface area contributed by atoms with Crippen molar-refractivity contribution in [1.29, 1.82) is 0 Å². The van der Waals surface area contributed by atoms with Crippen LogP contribution in [-0.2, 0) is 22.9 Å². The zero-order valence-electron chi connectivity index (χ0n) is 15.9. The van der Waals surface area contributed by atoms with Gasteiger partial charge in [0.05, 0.1) is 4.90 Å². The number of sulfonamides is 1. The summed E-state index contributed by atoms with van der Waals surface area (Å²) in [6.07, 6.45) is 1.90. The Labute approximate surface area is 157 Å². The summed E-state index contributed by atoms with van der Waals surface area (Å²) in [5.41, 5.74) is 5.02. The van der Waals surface area contributed by atoms with Crippen LogP contribution in [0.5, 0.6) is 0 Å². The predicted octanol–water partition coefficient (Wildman–Crippen LogP) is 3.63. The maximum Gasteiger partial charge on any atom is 0.243 e. The summed E-state index contributed by atoms with van der Waals surface area (Å²) in [5.74, 6) is 0. The van der Waals surface area contributed by atoms with E-state index in [4.69, 9.17) is 0 Å². The second-order valence-corrected chi connectivity index (χ2v) is 8.76. The first-order valence-corrected chi connectivity index (χ1v) is 10.8. The molecular formula is C21H28N2O2S. The fourth-order valence-electron chi connectivity index (χ4n) is 3.66. The minimum Gasteiger partial charge on any atom is -0.368 e. The van der Waals surface area contributed by atoms with E-state index < -0.39 is 10.0 Å². The molecule has 0 unspecified atom stereocenters. The number of anilines is 1. The van der Waals surface area contributed by atoms with E-state index in [0.717, 1.165) is 31.5 Å². The van der Waals surface area contributed by atoms with E-state index in [-0.39, 0.29) is 0 Å². The van der Waals surface area contributed by atoms with Crippen molar-refractivity contribution in [2.75, 3.05) is 31.1 Å². The number of aryl methyl sites for hydroxylation is 3. The van der Waals surface area contributed by atoms with Gasteiger partial charge in [-0.15, -0.1) is 0 Å². The van der Waals surface area contributed by atoms with Gasteiger partial charge in [0.15, 0.2) is 0 Å². The summed E-state index contributed by atoms with van der Waals surface area (Å²) in [6, 6.07) is 13.7. The normalized spacial score (nSPS) is 16.0. The van der Waals surface area contributed by atoms with E-state index in [0.29, 0.717) is 18.0 Å². The van der Waals surface area contributed by atoms with Crippen molar-refractivity contribution in [3.63, 3.8) is 0 Å². The molecule has 0 saturated carbocycles. The molecule has 2 aromatic carbocycles. The van der Waals surface area contributed by atoms with Gasteiger partial charge in [-0.05, 0) is 48.6 Å².